The lowest BCUT2D eigenvalue weighted by Gasteiger charge is -2.05. The van der Waals surface area contributed by atoms with E-state index in [1.165, 1.54) is 0 Å². The molecule has 0 atom stereocenters. The fourth-order valence-corrected chi connectivity index (χ4v) is 3.72. The highest BCUT2D eigenvalue weighted by Crippen LogP contribution is 2.36. The van der Waals surface area contributed by atoms with Gasteiger partial charge in [0.25, 0.3) is 0 Å². The Balaban J connectivity index is 1.53. The highest BCUT2D eigenvalue weighted by Gasteiger charge is 2.17. The van der Waals surface area contributed by atoms with E-state index < -0.39 is 5.91 Å². The van der Waals surface area contributed by atoms with Crippen LogP contribution in [0.25, 0.3) is 11.4 Å². The summed E-state index contributed by atoms with van der Waals surface area (Å²) in [4.78, 5) is 16.4. The number of nitrogens with one attached hydrogen (secondary N) is 1. The van der Waals surface area contributed by atoms with E-state index in [9.17, 15) is 9.90 Å². The van der Waals surface area contributed by atoms with Gasteiger partial charge >= 0.3 is 11.8 Å². The number of carbonyl (C=O) groups excluding carboxylic acids is 1. The first-order chi connectivity index (χ1) is 15.5. The molecule has 0 radical (unpaired) electrons. The number of phenolic OH excluding ortho intramolecular Hbond substituents is 1. The molecule has 3 aromatic rings. The van der Waals surface area contributed by atoms with Gasteiger partial charge in [-0.05, 0) is 74.7 Å². The molecule has 0 aliphatic rings. The van der Waals surface area contributed by atoms with Gasteiger partial charge in [-0.3, -0.25) is 4.79 Å². The standard InChI is InChI=1S/C23H19Br2N3O4/c1-2-8-16(31-17-9-4-3-5-10-17)11-6-7-12-26-22(30)23-27-21(28-32-23)15-13-18(24)20(29)19(25)14-15/h2-6,8-11,13-14,29H,1,7,12H2,(H,26,30). The molecule has 7 nitrogen and oxygen atoms in total. The first-order valence-electron chi connectivity index (χ1n) is 9.50. The third-order valence-corrected chi connectivity index (χ3v) is 5.24. The maximum atomic E-state index is 12.3. The Morgan fingerprint density at radius 3 is 2.62 bits per heavy atom. The topological polar surface area (TPSA) is 97.5 Å². The quantitative estimate of drug-likeness (QED) is 0.195. The van der Waals surface area contributed by atoms with Crippen LogP contribution in [-0.2, 0) is 0 Å². The summed E-state index contributed by atoms with van der Waals surface area (Å²) in [6.45, 7) is 4.06. The molecular weight excluding hydrogens is 542 g/mol. The van der Waals surface area contributed by atoms with E-state index in [0.29, 0.717) is 33.2 Å². The second-order valence-electron chi connectivity index (χ2n) is 6.38. The van der Waals surface area contributed by atoms with Crippen molar-refractivity contribution in [1.29, 1.82) is 0 Å². The molecule has 0 saturated heterocycles. The summed E-state index contributed by atoms with van der Waals surface area (Å²) in [6.07, 6.45) is 7.65. The van der Waals surface area contributed by atoms with Crippen LogP contribution in [-0.4, -0.2) is 27.7 Å². The number of para-hydroxylation sites is 1. The molecule has 1 aromatic heterocycles. The van der Waals surface area contributed by atoms with Crippen molar-refractivity contribution < 1.29 is 19.2 Å². The SMILES string of the molecule is C=CC=C(C=CCCNC(=O)c1nc(-c2cc(Br)c(O)c(Br)c2)no1)Oc1ccccc1. The van der Waals surface area contributed by atoms with Crippen molar-refractivity contribution in [1.82, 2.24) is 15.5 Å². The fraction of sp³-hybridized carbons (Fsp3) is 0.0870. The highest BCUT2D eigenvalue weighted by atomic mass is 79.9. The number of rotatable bonds is 9. The summed E-state index contributed by atoms with van der Waals surface area (Å²) in [6, 6.07) is 12.7. The van der Waals surface area contributed by atoms with Crippen LogP contribution in [0, 0.1) is 0 Å². The number of allylic oxidation sites excluding steroid dienone is 3. The Labute approximate surface area is 201 Å². The normalized spacial score (nSPS) is 11.5. The number of phenols is 1. The number of aromatic hydroxyl groups is 1. The lowest BCUT2D eigenvalue weighted by Crippen LogP contribution is -2.24. The van der Waals surface area contributed by atoms with E-state index in [2.05, 4.69) is 53.9 Å². The lowest BCUT2D eigenvalue weighted by atomic mass is 10.2. The monoisotopic (exact) mass is 559 g/mol. The van der Waals surface area contributed by atoms with Crippen LogP contribution in [0.3, 0.4) is 0 Å². The molecule has 0 bridgehead atoms. The minimum atomic E-state index is -0.476. The third kappa shape index (κ3) is 6.41. The maximum absolute atomic E-state index is 12.3. The maximum Gasteiger partial charge on any atom is 0.316 e. The highest BCUT2D eigenvalue weighted by molar-refractivity contribution is 9.11. The zero-order valence-corrected chi connectivity index (χ0v) is 20.0. The van der Waals surface area contributed by atoms with Gasteiger partial charge in [0.1, 0.15) is 17.3 Å². The van der Waals surface area contributed by atoms with Crippen molar-refractivity contribution in [2.75, 3.05) is 6.54 Å². The van der Waals surface area contributed by atoms with E-state index in [1.54, 1.807) is 24.3 Å². The van der Waals surface area contributed by atoms with Crippen LogP contribution in [0.2, 0.25) is 0 Å². The minimum absolute atomic E-state index is 0.0588. The molecule has 1 amide bonds. The molecule has 3 rings (SSSR count). The van der Waals surface area contributed by atoms with Gasteiger partial charge in [0.05, 0.1) is 8.95 Å². The van der Waals surface area contributed by atoms with Crippen molar-refractivity contribution in [3.8, 4) is 22.9 Å². The van der Waals surface area contributed by atoms with Crippen molar-refractivity contribution in [3.63, 3.8) is 0 Å². The molecule has 0 fully saturated rings. The predicted molar refractivity (Wildman–Crippen MR) is 128 cm³/mol. The Morgan fingerprint density at radius 1 is 1.22 bits per heavy atom. The smallest absolute Gasteiger partial charge is 0.316 e. The molecule has 0 unspecified atom stereocenters. The van der Waals surface area contributed by atoms with E-state index in [0.717, 1.165) is 5.75 Å². The average molecular weight is 561 g/mol. The van der Waals surface area contributed by atoms with Gasteiger partial charge in [-0.15, -0.1) is 0 Å². The van der Waals surface area contributed by atoms with Crippen molar-refractivity contribution >= 4 is 37.8 Å². The number of aromatic nitrogens is 2. The lowest BCUT2D eigenvalue weighted by molar-refractivity contribution is 0.0910. The van der Waals surface area contributed by atoms with E-state index in [4.69, 9.17) is 9.26 Å². The van der Waals surface area contributed by atoms with Crippen molar-refractivity contribution in [3.05, 3.63) is 93.9 Å². The molecule has 1 heterocycles. The van der Waals surface area contributed by atoms with Crippen molar-refractivity contribution in [2.45, 2.75) is 6.42 Å². The number of carbonyl (C=O) groups is 1. The first-order valence-corrected chi connectivity index (χ1v) is 11.1. The van der Waals surface area contributed by atoms with Crippen LogP contribution in [0.15, 0.2) is 92.6 Å². The van der Waals surface area contributed by atoms with Gasteiger partial charge < -0.3 is 19.7 Å². The molecular formula is C23H19Br2N3O4. The molecule has 2 aromatic carbocycles. The van der Waals surface area contributed by atoms with Gasteiger partial charge in [-0.2, -0.15) is 4.98 Å². The molecule has 32 heavy (non-hydrogen) atoms. The number of halogens is 2. The van der Waals surface area contributed by atoms with Crippen molar-refractivity contribution in [2.24, 2.45) is 0 Å². The number of ether oxygens (including phenoxy) is 1. The number of hydrogen-bond donors (Lipinski definition) is 2. The minimum Gasteiger partial charge on any atom is -0.506 e. The van der Waals surface area contributed by atoms with Crippen LogP contribution < -0.4 is 10.1 Å². The van der Waals surface area contributed by atoms with Gasteiger partial charge in [-0.25, -0.2) is 0 Å². The van der Waals surface area contributed by atoms with Crippen LogP contribution in [0.1, 0.15) is 17.1 Å². The molecule has 0 aliphatic carbocycles. The Hall–Kier alpha value is -3.17. The third-order valence-electron chi connectivity index (χ3n) is 4.04. The van der Waals surface area contributed by atoms with Gasteiger partial charge in [0.2, 0.25) is 5.82 Å². The zero-order chi connectivity index (χ0) is 22.9. The van der Waals surface area contributed by atoms with E-state index >= 15 is 0 Å². The number of nitrogens with zero attached hydrogens (tertiary/aromatic N) is 2. The first kappa shape index (κ1) is 23.5. The van der Waals surface area contributed by atoms with E-state index in [-0.39, 0.29) is 17.5 Å². The molecule has 0 saturated carbocycles. The van der Waals surface area contributed by atoms with E-state index in [1.807, 2.05) is 42.5 Å². The number of hydrogen-bond acceptors (Lipinski definition) is 6. The largest absolute Gasteiger partial charge is 0.506 e. The van der Waals surface area contributed by atoms with Gasteiger partial charge in [-0.1, -0.05) is 42.1 Å². The summed E-state index contributed by atoms with van der Waals surface area (Å²) < 4.78 is 11.8. The molecule has 0 aliphatic heterocycles. The van der Waals surface area contributed by atoms with Crippen LogP contribution >= 0.6 is 31.9 Å². The summed E-state index contributed by atoms with van der Waals surface area (Å²) >= 11 is 6.49. The molecule has 164 valence electrons. The fourth-order valence-electron chi connectivity index (χ4n) is 2.54. The second-order valence-corrected chi connectivity index (χ2v) is 8.09. The molecule has 2 N–H and O–H groups in total. The Morgan fingerprint density at radius 2 is 1.94 bits per heavy atom. The zero-order valence-electron chi connectivity index (χ0n) is 16.8. The summed E-state index contributed by atoms with van der Waals surface area (Å²) in [5.41, 5.74) is 0.576. The molecule has 9 heteroatoms. The number of benzene rings is 2. The predicted octanol–water partition coefficient (Wildman–Crippen LogP) is 5.79. The van der Waals surface area contributed by atoms with Crippen LogP contribution in [0.4, 0.5) is 0 Å². The summed E-state index contributed by atoms with van der Waals surface area (Å²) in [5, 5.41) is 16.4. The Bertz CT molecular complexity index is 1130. The Kier molecular flexibility index (Phi) is 8.41. The molecule has 0 spiro atoms. The summed E-state index contributed by atoms with van der Waals surface area (Å²) in [7, 11) is 0. The van der Waals surface area contributed by atoms with Crippen LogP contribution in [0.5, 0.6) is 11.5 Å². The second kappa shape index (κ2) is 11.4. The average Bonchev–Trinajstić information content (AvgIpc) is 3.28. The van der Waals surface area contributed by atoms with Gasteiger partial charge in [0.15, 0.2) is 0 Å². The summed E-state index contributed by atoms with van der Waals surface area (Å²) in [5.74, 6) is 1.02. The van der Waals surface area contributed by atoms with Gasteiger partial charge in [0, 0.05) is 12.1 Å². The number of amides is 1.